The van der Waals surface area contributed by atoms with Crippen molar-refractivity contribution in [3.05, 3.63) is 71.8 Å². The number of benzene rings is 2. The van der Waals surface area contributed by atoms with Gasteiger partial charge in [0.1, 0.15) is 25.2 Å². The SMILES string of the molecule is CC(C)C[C@H](NC(=O)CN1C(=O)CC[C@H](NC(=O)[C@@H](N)Cc2ccccc2)C1=O)C(=O)OCc1ccccc1. The summed E-state index contributed by atoms with van der Waals surface area (Å²) in [5, 5.41) is 5.22. The summed E-state index contributed by atoms with van der Waals surface area (Å²) in [7, 11) is 0. The van der Waals surface area contributed by atoms with Gasteiger partial charge in [0.15, 0.2) is 0 Å². The summed E-state index contributed by atoms with van der Waals surface area (Å²) in [5.41, 5.74) is 7.71. The van der Waals surface area contributed by atoms with Crippen LogP contribution in [0.15, 0.2) is 60.7 Å². The molecule has 4 N–H and O–H groups in total. The van der Waals surface area contributed by atoms with Crippen LogP contribution in [0.4, 0.5) is 0 Å². The van der Waals surface area contributed by atoms with Crippen LogP contribution in [-0.4, -0.2) is 59.2 Å². The van der Waals surface area contributed by atoms with Gasteiger partial charge in [-0.15, -0.1) is 0 Å². The molecule has 1 heterocycles. The molecule has 0 bridgehead atoms. The lowest BCUT2D eigenvalue weighted by atomic mass is 10.0. The van der Waals surface area contributed by atoms with Crippen LogP contribution in [0.3, 0.4) is 0 Å². The Morgan fingerprint density at radius 1 is 1.00 bits per heavy atom. The molecule has 10 nitrogen and oxygen atoms in total. The second-order valence-corrected chi connectivity index (χ2v) is 10.1. The van der Waals surface area contributed by atoms with Crippen molar-refractivity contribution >= 4 is 29.6 Å². The fraction of sp³-hybridized carbons (Fsp3) is 0.414. The van der Waals surface area contributed by atoms with Crippen molar-refractivity contribution in [1.82, 2.24) is 15.5 Å². The van der Waals surface area contributed by atoms with Crippen LogP contribution >= 0.6 is 0 Å². The number of hydrogen-bond donors (Lipinski definition) is 3. The maximum Gasteiger partial charge on any atom is 0.328 e. The van der Waals surface area contributed by atoms with Crippen LogP contribution in [0.5, 0.6) is 0 Å². The van der Waals surface area contributed by atoms with E-state index in [2.05, 4.69) is 10.6 Å². The van der Waals surface area contributed by atoms with Gasteiger partial charge in [0, 0.05) is 6.42 Å². The van der Waals surface area contributed by atoms with Gasteiger partial charge in [-0.25, -0.2) is 4.79 Å². The van der Waals surface area contributed by atoms with Crippen LogP contribution < -0.4 is 16.4 Å². The van der Waals surface area contributed by atoms with Crippen LogP contribution in [0.1, 0.15) is 44.2 Å². The largest absolute Gasteiger partial charge is 0.459 e. The summed E-state index contributed by atoms with van der Waals surface area (Å²) in [6.45, 7) is 3.29. The number of amides is 4. The molecule has 1 aliphatic rings. The van der Waals surface area contributed by atoms with E-state index in [1.54, 1.807) is 0 Å². The molecule has 0 saturated carbocycles. The number of imide groups is 1. The quantitative estimate of drug-likeness (QED) is 0.275. The van der Waals surface area contributed by atoms with E-state index in [1.807, 2.05) is 74.5 Å². The molecule has 1 saturated heterocycles. The smallest absolute Gasteiger partial charge is 0.328 e. The number of nitrogens with two attached hydrogens (primary N) is 1. The monoisotopic (exact) mass is 536 g/mol. The minimum absolute atomic E-state index is 0.0214. The van der Waals surface area contributed by atoms with Gasteiger partial charge in [-0.1, -0.05) is 74.5 Å². The first-order valence-electron chi connectivity index (χ1n) is 13.1. The van der Waals surface area contributed by atoms with Gasteiger partial charge in [0.25, 0.3) is 5.91 Å². The minimum Gasteiger partial charge on any atom is -0.459 e. The molecule has 2 aromatic carbocycles. The minimum atomic E-state index is -0.980. The van der Waals surface area contributed by atoms with E-state index in [0.717, 1.165) is 16.0 Å². The maximum atomic E-state index is 13.0. The number of carbonyl (C=O) groups is 5. The van der Waals surface area contributed by atoms with E-state index in [1.165, 1.54) is 0 Å². The number of piperidine rings is 1. The Bertz CT molecular complexity index is 1150. The molecular weight excluding hydrogens is 500 g/mol. The standard InChI is InChI=1S/C29H36N4O6/c1-19(2)15-24(29(38)39-18-21-11-7-4-8-12-21)31-25(34)17-33-26(35)14-13-23(28(33)37)32-27(36)22(30)16-20-9-5-3-6-10-20/h3-12,19,22-24H,13-18,30H2,1-2H3,(H,31,34)(H,32,36)/t22-,23-,24-/m0/s1. The molecule has 208 valence electrons. The Labute approximate surface area is 228 Å². The summed E-state index contributed by atoms with van der Waals surface area (Å²) in [6, 6.07) is 15.6. The van der Waals surface area contributed by atoms with E-state index >= 15 is 0 Å². The second-order valence-electron chi connectivity index (χ2n) is 10.1. The number of nitrogens with zero attached hydrogens (tertiary/aromatic N) is 1. The fourth-order valence-electron chi connectivity index (χ4n) is 4.28. The lowest BCUT2D eigenvalue weighted by molar-refractivity contribution is -0.154. The zero-order valence-electron chi connectivity index (χ0n) is 22.3. The topological polar surface area (TPSA) is 148 Å². The molecule has 0 spiro atoms. The summed E-state index contributed by atoms with van der Waals surface area (Å²) < 4.78 is 5.39. The van der Waals surface area contributed by atoms with Gasteiger partial charge in [-0.05, 0) is 36.3 Å². The van der Waals surface area contributed by atoms with E-state index < -0.39 is 54.3 Å². The molecule has 4 amide bonds. The van der Waals surface area contributed by atoms with E-state index in [-0.39, 0.29) is 31.8 Å². The number of nitrogens with one attached hydrogen (secondary N) is 2. The van der Waals surface area contributed by atoms with Crippen LogP contribution in [0.25, 0.3) is 0 Å². The average Bonchev–Trinajstić information content (AvgIpc) is 2.91. The number of rotatable bonds is 12. The van der Waals surface area contributed by atoms with E-state index in [9.17, 15) is 24.0 Å². The number of carbonyl (C=O) groups excluding carboxylic acids is 5. The normalized spacial score (nSPS) is 16.9. The number of esters is 1. The summed E-state index contributed by atoms with van der Waals surface area (Å²) in [5.74, 6) is -2.94. The number of ether oxygens (including phenoxy) is 1. The van der Waals surface area contributed by atoms with Gasteiger partial charge in [0.2, 0.25) is 17.7 Å². The van der Waals surface area contributed by atoms with Crippen LogP contribution in [-0.2, 0) is 41.7 Å². The third kappa shape index (κ3) is 9.03. The Morgan fingerprint density at radius 2 is 1.62 bits per heavy atom. The van der Waals surface area contributed by atoms with Gasteiger partial charge in [-0.2, -0.15) is 0 Å². The first-order valence-corrected chi connectivity index (χ1v) is 13.1. The maximum absolute atomic E-state index is 13.0. The lowest BCUT2D eigenvalue weighted by Crippen LogP contribution is -2.59. The Hall–Kier alpha value is -4.05. The molecule has 0 radical (unpaired) electrons. The van der Waals surface area contributed by atoms with Gasteiger partial charge >= 0.3 is 5.97 Å². The number of likely N-dealkylation sites (tertiary alicyclic amines) is 1. The molecule has 0 unspecified atom stereocenters. The zero-order chi connectivity index (χ0) is 28.4. The molecule has 0 aromatic heterocycles. The fourth-order valence-corrected chi connectivity index (χ4v) is 4.28. The summed E-state index contributed by atoms with van der Waals surface area (Å²) in [4.78, 5) is 64.5. The molecule has 39 heavy (non-hydrogen) atoms. The zero-order valence-corrected chi connectivity index (χ0v) is 22.3. The first-order chi connectivity index (χ1) is 18.6. The van der Waals surface area contributed by atoms with Crippen molar-refractivity contribution in [3.8, 4) is 0 Å². The highest BCUT2D eigenvalue weighted by Crippen LogP contribution is 2.15. The van der Waals surface area contributed by atoms with Crippen LogP contribution in [0, 0.1) is 5.92 Å². The first kappa shape index (κ1) is 29.5. The predicted octanol–water partition coefficient (Wildman–Crippen LogP) is 1.46. The van der Waals surface area contributed by atoms with Crippen molar-refractivity contribution in [2.45, 2.75) is 64.3 Å². The Balaban J connectivity index is 1.57. The molecule has 0 aliphatic carbocycles. The van der Waals surface area contributed by atoms with E-state index in [4.69, 9.17) is 10.5 Å². The lowest BCUT2D eigenvalue weighted by Gasteiger charge is -2.31. The summed E-state index contributed by atoms with van der Waals surface area (Å²) in [6.07, 6.45) is 0.698. The predicted molar refractivity (Wildman–Crippen MR) is 144 cm³/mol. The highest BCUT2D eigenvalue weighted by Gasteiger charge is 2.37. The van der Waals surface area contributed by atoms with Crippen molar-refractivity contribution in [2.75, 3.05) is 6.54 Å². The molecule has 2 aromatic rings. The van der Waals surface area contributed by atoms with Gasteiger partial charge in [-0.3, -0.25) is 24.1 Å². The van der Waals surface area contributed by atoms with Crippen molar-refractivity contribution in [2.24, 2.45) is 11.7 Å². The van der Waals surface area contributed by atoms with Crippen molar-refractivity contribution < 1.29 is 28.7 Å². The Kier molecular flexibility index (Phi) is 10.7. The van der Waals surface area contributed by atoms with E-state index in [0.29, 0.717) is 6.42 Å². The van der Waals surface area contributed by atoms with Crippen molar-refractivity contribution in [3.63, 3.8) is 0 Å². The molecular formula is C29H36N4O6. The Morgan fingerprint density at radius 3 is 2.23 bits per heavy atom. The average molecular weight is 537 g/mol. The molecule has 1 aliphatic heterocycles. The van der Waals surface area contributed by atoms with Gasteiger partial charge < -0.3 is 21.1 Å². The highest BCUT2D eigenvalue weighted by atomic mass is 16.5. The van der Waals surface area contributed by atoms with Gasteiger partial charge in [0.05, 0.1) is 6.04 Å². The third-order valence-corrected chi connectivity index (χ3v) is 6.32. The second kappa shape index (κ2) is 14.2. The third-order valence-electron chi connectivity index (χ3n) is 6.32. The van der Waals surface area contributed by atoms with Crippen molar-refractivity contribution in [1.29, 1.82) is 0 Å². The molecule has 3 atom stereocenters. The molecule has 3 rings (SSSR count). The highest BCUT2D eigenvalue weighted by molar-refractivity contribution is 6.04. The number of hydrogen-bond acceptors (Lipinski definition) is 7. The van der Waals surface area contributed by atoms with Crippen LogP contribution in [0.2, 0.25) is 0 Å². The molecule has 1 fully saturated rings. The summed E-state index contributed by atoms with van der Waals surface area (Å²) >= 11 is 0. The molecule has 10 heteroatoms.